The zero-order valence-corrected chi connectivity index (χ0v) is 12.2. The van der Waals surface area contributed by atoms with Crippen LogP contribution in [0.25, 0.3) is 0 Å². The molecule has 5 heteroatoms. The number of hydrogen-bond acceptors (Lipinski definition) is 5. The molecule has 0 N–H and O–H groups in total. The van der Waals surface area contributed by atoms with E-state index in [4.69, 9.17) is 14.2 Å². The normalized spacial score (nSPS) is 39.2. The molecule has 0 aromatic carbocycles. The summed E-state index contributed by atoms with van der Waals surface area (Å²) in [5.74, 6) is 2.36. The van der Waals surface area contributed by atoms with Crippen LogP contribution in [0.4, 0.5) is 0 Å². The smallest absolute Gasteiger partial charge is 0.131 e. The van der Waals surface area contributed by atoms with E-state index in [9.17, 15) is 0 Å². The quantitative estimate of drug-likeness (QED) is 0.788. The Bertz CT molecular complexity index is 206. The fraction of sp³-hybridized carbons (Fsp3) is 1.00. The molecule has 2 fully saturated rings. The Hall–Kier alpha value is 0.580. The summed E-state index contributed by atoms with van der Waals surface area (Å²) in [5.41, 5.74) is 0.365. The van der Waals surface area contributed by atoms with E-state index in [-0.39, 0.29) is 23.1 Å². The van der Waals surface area contributed by atoms with E-state index >= 15 is 0 Å². The van der Waals surface area contributed by atoms with Crippen LogP contribution in [0.5, 0.6) is 0 Å². The van der Waals surface area contributed by atoms with Gasteiger partial charge in [0.25, 0.3) is 0 Å². The van der Waals surface area contributed by atoms with Crippen LogP contribution in [0.1, 0.15) is 25.7 Å². The molecule has 2 aliphatic heterocycles. The number of hydrogen-bond donors (Lipinski definition) is 0. The summed E-state index contributed by atoms with van der Waals surface area (Å²) in [4.78, 5) is 0. The van der Waals surface area contributed by atoms with Gasteiger partial charge in [-0.05, 0) is 37.2 Å². The van der Waals surface area contributed by atoms with E-state index in [0.717, 1.165) is 12.8 Å². The monoisotopic (exact) mass is 278 g/mol. The molecule has 0 spiro atoms. The van der Waals surface area contributed by atoms with Gasteiger partial charge in [-0.3, -0.25) is 0 Å². The van der Waals surface area contributed by atoms with Crippen LogP contribution in [-0.4, -0.2) is 48.8 Å². The van der Waals surface area contributed by atoms with Crippen LogP contribution >= 0.6 is 23.5 Å². The molecule has 4 atom stereocenters. The third-order valence-corrected chi connectivity index (χ3v) is 5.85. The van der Waals surface area contributed by atoms with Crippen LogP contribution in [-0.2, 0) is 14.2 Å². The molecule has 0 bridgehead atoms. The van der Waals surface area contributed by atoms with Crippen molar-refractivity contribution in [3.8, 4) is 0 Å². The van der Waals surface area contributed by atoms with Crippen molar-refractivity contribution in [1.29, 1.82) is 0 Å². The number of rotatable bonds is 4. The lowest BCUT2D eigenvalue weighted by Crippen LogP contribution is -2.40. The minimum atomic E-state index is 0.182. The van der Waals surface area contributed by atoms with Gasteiger partial charge in [0.05, 0.1) is 12.2 Å². The van der Waals surface area contributed by atoms with Crippen molar-refractivity contribution in [2.45, 2.75) is 48.8 Å². The molecular weight excluding hydrogens is 256 g/mol. The van der Waals surface area contributed by atoms with Gasteiger partial charge in [0.15, 0.2) is 0 Å². The molecule has 2 saturated heterocycles. The summed E-state index contributed by atoms with van der Waals surface area (Å²) in [5, 5.41) is 0. The van der Waals surface area contributed by atoms with Gasteiger partial charge in [0, 0.05) is 14.2 Å². The molecule has 3 nitrogen and oxygen atoms in total. The van der Waals surface area contributed by atoms with E-state index in [2.05, 4.69) is 0 Å². The Morgan fingerprint density at radius 3 is 1.71 bits per heavy atom. The molecule has 2 heterocycles. The zero-order chi connectivity index (χ0) is 12.1. The molecule has 100 valence electrons. The predicted octanol–water partition coefficient (Wildman–Crippen LogP) is 2.74. The van der Waals surface area contributed by atoms with Gasteiger partial charge in [0.1, 0.15) is 10.9 Å². The lowest BCUT2D eigenvalue weighted by molar-refractivity contribution is -0.0718. The second-order valence-electron chi connectivity index (χ2n) is 4.45. The Kier molecular flexibility index (Phi) is 5.96. The van der Waals surface area contributed by atoms with E-state index in [1.165, 1.54) is 24.3 Å². The molecule has 2 rings (SSSR count). The molecule has 0 amide bonds. The van der Waals surface area contributed by atoms with Crippen molar-refractivity contribution in [3.05, 3.63) is 0 Å². The average Bonchev–Trinajstić information content (AvgIpc) is 2.40. The van der Waals surface area contributed by atoms with Crippen molar-refractivity contribution in [1.82, 2.24) is 0 Å². The molecule has 2 aliphatic rings. The lowest BCUT2D eigenvalue weighted by atomic mass is 10.2. The zero-order valence-electron chi connectivity index (χ0n) is 10.6. The van der Waals surface area contributed by atoms with Crippen LogP contribution in [0.3, 0.4) is 0 Å². The summed E-state index contributed by atoms with van der Waals surface area (Å²) < 4.78 is 17.3. The highest BCUT2D eigenvalue weighted by molar-refractivity contribution is 8.00. The fourth-order valence-corrected chi connectivity index (χ4v) is 4.82. The maximum atomic E-state index is 6.22. The Balaban J connectivity index is 1.88. The fourth-order valence-electron chi connectivity index (χ4n) is 2.30. The molecule has 0 radical (unpaired) electrons. The van der Waals surface area contributed by atoms with E-state index in [0.29, 0.717) is 0 Å². The molecule has 0 aromatic rings. The second kappa shape index (κ2) is 7.24. The standard InChI is InChI=1S/C12H22O3S2/c1-13-9-5-3-7-16-11(9)15-12-10(14-2)6-4-8-17-12/h9-12H,3-8H2,1-2H3. The first-order valence-electron chi connectivity index (χ1n) is 6.29. The van der Waals surface area contributed by atoms with Gasteiger partial charge in [0.2, 0.25) is 0 Å². The first-order valence-corrected chi connectivity index (χ1v) is 8.39. The number of thioether (sulfide) groups is 2. The van der Waals surface area contributed by atoms with Gasteiger partial charge >= 0.3 is 0 Å². The summed E-state index contributed by atoms with van der Waals surface area (Å²) >= 11 is 3.77. The number of methoxy groups -OCH3 is 2. The Morgan fingerprint density at radius 1 is 0.824 bits per heavy atom. The van der Waals surface area contributed by atoms with Crippen LogP contribution in [0.15, 0.2) is 0 Å². The Labute approximate surface area is 112 Å². The highest BCUT2D eigenvalue weighted by atomic mass is 32.2. The molecule has 0 saturated carbocycles. The average molecular weight is 278 g/mol. The highest BCUT2D eigenvalue weighted by Gasteiger charge is 2.33. The third-order valence-electron chi connectivity index (χ3n) is 3.31. The third kappa shape index (κ3) is 3.77. The minimum absolute atomic E-state index is 0.182. The van der Waals surface area contributed by atoms with Crippen molar-refractivity contribution < 1.29 is 14.2 Å². The molecule has 0 aliphatic carbocycles. The first kappa shape index (κ1) is 14.0. The predicted molar refractivity (Wildman–Crippen MR) is 73.6 cm³/mol. The number of ether oxygens (including phenoxy) is 3. The van der Waals surface area contributed by atoms with Crippen LogP contribution < -0.4 is 0 Å². The first-order chi connectivity index (χ1) is 8.35. The van der Waals surface area contributed by atoms with Crippen LogP contribution in [0.2, 0.25) is 0 Å². The summed E-state index contributed by atoms with van der Waals surface area (Å²) in [6, 6.07) is 0. The largest absolute Gasteiger partial charge is 0.378 e. The lowest BCUT2D eigenvalue weighted by Gasteiger charge is -2.36. The van der Waals surface area contributed by atoms with Crippen LogP contribution in [0, 0.1) is 0 Å². The summed E-state index contributed by atoms with van der Waals surface area (Å²) in [7, 11) is 3.57. The van der Waals surface area contributed by atoms with E-state index < -0.39 is 0 Å². The van der Waals surface area contributed by atoms with Crippen molar-refractivity contribution in [2.24, 2.45) is 0 Å². The van der Waals surface area contributed by atoms with E-state index in [1.807, 2.05) is 23.5 Å². The van der Waals surface area contributed by atoms with Gasteiger partial charge in [-0.2, -0.15) is 0 Å². The second-order valence-corrected chi connectivity index (χ2v) is 6.86. The SMILES string of the molecule is COC1CCCSC1OC1SCCCC1OC. The summed E-state index contributed by atoms with van der Waals surface area (Å²) in [6.45, 7) is 0. The Morgan fingerprint density at radius 2 is 1.29 bits per heavy atom. The van der Waals surface area contributed by atoms with E-state index in [1.54, 1.807) is 14.2 Å². The molecular formula is C12H22O3S2. The van der Waals surface area contributed by atoms with Gasteiger partial charge in [-0.1, -0.05) is 0 Å². The van der Waals surface area contributed by atoms with Gasteiger partial charge in [-0.25, -0.2) is 0 Å². The minimum Gasteiger partial charge on any atom is -0.378 e. The molecule has 4 unspecified atom stereocenters. The van der Waals surface area contributed by atoms with Crippen molar-refractivity contribution >= 4 is 23.5 Å². The molecule has 17 heavy (non-hydrogen) atoms. The summed E-state index contributed by atoms with van der Waals surface area (Å²) in [6.07, 6.45) is 5.18. The molecule has 0 aromatic heterocycles. The van der Waals surface area contributed by atoms with Crippen molar-refractivity contribution in [3.63, 3.8) is 0 Å². The maximum Gasteiger partial charge on any atom is 0.131 e. The van der Waals surface area contributed by atoms with Gasteiger partial charge < -0.3 is 14.2 Å². The highest BCUT2D eigenvalue weighted by Crippen LogP contribution is 2.35. The van der Waals surface area contributed by atoms with Crippen molar-refractivity contribution in [2.75, 3.05) is 25.7 Å². The van der Waals surface area contributed by atoms with Gasteiger partial charge in [-0.15, -0.1) is 23.5 Å². The topological polar surface area (TPSA) is 27.7 Å². The maximum absolute atomic E-state index is 6.22.